The molecule has 0 radical (unpaired) electrons. The van der Waals surface area contributed by atoms with Crippen molar-refractivity contribution in [1.29, 1.82) is 0 Å². The van der Waals surface area contributed by atoms with E-state index in [2.05, 4.69) is 15.3 Å². The second kappa shape index (κ2) is 4.42. The monoisotopic (exact) mass is 179 g/mol. The van der Waals surface area contributed by atoms with Crippen LogP contribution < -0.4 is 5.32 Å². The van der Waals surface area contributed by atoms with Crippen molar-refractivity contribution in [2.75, 3.05) is 13.1 Å². The Morgan fingerprint density at radius 3 is 3.08 bits per heavy atom. The fourth-order valence-electron chi connectivity index (χ4n) is 1.65. The van der Waals surface area contributed by atoms with E-state index in [4.69, 9.17) is 0 Å². The van der Waals surface area contributed by atoms with Gasteiger partial charge in [-0.2, -0.15) is 0 Å². The van der Waals surface area contributed by atoms with Crippen molar-refractivity contribution in [2.45, 2.75) is 25.7 Å². The van der Waals surface area contributed by atoms with E-state index in [0.717, 1.165) is 18.9 Å². The van der Waals surface area contributed by atoms with Crippen LogP contribution in [0.4, 0.5) is 0 Å². The maximum atomic E-state index is 3.98. The Morgan fingerprint density at radius 1 is 1.54 bits per heavy atom. The number of nitrogens with zero attached hydrogens (tertiary/aromatic N) is 1. The summed E-state index contributed by atoms with van der Waals surface area (Å²) in [6.45, 7) is 2.27. The van der Waals surface area contributed by atoms with Crippen LogP contribution in [0.3, 0.4) is 0 Å². The first-order valence-electron chi connectivity index (χ1n) is 5.13. The predicted molar refractivity (Wildman–Crippen MR) is 52.5 cm³/mol. The predicted octanol–water partition coefficient (Wildman–Crippen LogP) is 1.34. The average Bonchev–Trinajstić information content (AvgIpc) is 2.53. The summed E-state index contributed by atoms with van der Waals surface area (Å²) in [4.78, 5) is 7.08. The van der Waals surface area contributed by atoms with Crippen LogP contribution in [0.5, 0.6) is 0 Å². The second-order valence-electron chi connectivity index (χ2n) is 3.83. The molecule has 0 unspecified atom stereocenters. The van der Waals surface area contributed by atoms with Crippen molar-refractivity contribution in [3.63, 3.8) is 0 Å². The largest absolute Gasteiger partial charge is 0.348 e. The lowest BCUT2D eigenvalue weighted by molar-refractivity contribution is 0.302. The van der Waals surface area contributed by atoms with Crippen LogP contribution in [0.25, 0.3) is 0 Å². The van der Waals surface area contributed by atoms with Gasteiger partial charge in [0, 0.05) is 24.9 Å². The Balaban J connectivity index is 1.53. The molecule has 1 aliphatic carbocycles. The van der Waals surface area contributed by atoms with E-state index in [1.807, 2.05) is 6.20 Å². The third kappa shape index (κ3) is 2.56. The highest BCUT2D eigenvalue weighted by Crippen LogP contribution is 2.24. The van der Waals surface area contributed by atoms with Gasteiger partial charge in [-0.3, -0.25) is 0 Å². The second-order valence-corrected chi connectivity index (χ2v) is 3.83. The molecule has 0 aromatic carbocycles. The van der Waals surface area contributed by atoms with Crippen LogP contribution in [0.2, 0.25) is 0 Å². The Hall–Kier alpha value is -0.830. The molecule has 1 saturated carbocycles. The summed E-state index contributed by atoms with van der Waals surface area (Å²) in [6.07, 6.45) is 8.99. The SMILES string of the molecule is c1ncc(CCNCC2CCC2)[nH]1. The lowest BCUT2D eigenvalue weighted by Crippen LogP contribution is -2.28. The molecule has 1 aromatic rings. The molecule has 0 bridgehead atoms. The van der Waals surface area contributed by atoms with Crippen molar-refractivity contribution in [1.82, 2.24) is 15.3 Å². The number of hydrogen-bond donors (Lipinski definition) is 2. The van der Waals surface area contributed by atoms with Crippen molar-refractivity contribution in [3.8, 4) is 0 Å². The first kappa shape index (κ1) is 8.75. The van der Waals surface area contributed by atoms with E-state index < -0.39 is 0 Å². The molecule has 2 N–H and O–H groups in total. The van der Waals surface area contributed by atoms with E-state index in [1.54, 1.807) is 6.33 Å². The zero-order valence-electron chi connectivity index (χ0n) is 7.92. The minimum atomic E-state index is 0.960. The van der Waals surface area contributed by atoms with Gasteiger partial charge in [0.05, 0.1) is 6.33 Å². The molecule has 72 valence electrons. The van der Waals surface area contributed by atoms with Crippen molar-refractivity contribution >= 4 is 0 Å². The first-order valence-corrected chi connectivity index (χ1v) is 5.13. The van der Waals surface area contributed by atoms with Gasteiger partial charge in [-0.1, -0.05) is 6.42 Å². The molecule has 1 fully saturated rings. The summed E-state index contributed by atoms with van der Waals surface area (Å²) in [5.74, 6) is 0.960. The number of hydrogen-bond acceptors (Lipinski definition) is 2. The van der Waals surface area contributed by atoms with Gasteiger partial charge in [0.15, 0.2) is 0 Å². The Bertz CT molecular complexity index is 226. The van der Waals surface area contributed by atoms with Crippen LogP contribution in [0.15, 0.2) is 12.5 Å². The normalized spacial score (nSPS) is 17.2. The fraction of sp³-hybridized carbons (Fsp3) is 0.700. The third-order valence-corrected chi connectivity index (χ3v) is 2.78. The molecule has 0 atom stereocenters. The average molecular weight is 179 g/mol. The highest BCUT2D eigenvalue weighted by molar-refractivity contribution is 4.94. The van der Waals surface area contributed by atoms with Crippen LogP contribution in [-0.2, 0) is 6.42 Å². The maximum absolute atomic E-state index is 3.98. The molecule has 3 heteroatoms. The quantitative estimate of drug-likeness (QED) is 0.670. The summed E-state index contributed by atoms with van der Waals surface area (Å²) in [5.41, 5.74) is 1.22. The number of nitrogens with one attached hydrogen (secondary N) is 2. The zero-order valence-corrected chi connectivity index (χ0v) is 7.92. The van der Waals surface area contributed by atoms with Gasteiger partial charge in [-0.05, 0) is 25.3 Å². The van der Waals surface area contributed by atoms with Crippen LogP contribution in [0, 0.1) is 5.92 Å². The van der Waals surface area contributed by atoms with Crippen molar-refractivity contribution < 1.29 is 0 Å². The lowest BCUT2D eigenvalue weighted by atomic mass is 9.85. The molecular formula is C10H17N3. The summed E-state index contributed by atoms with van der Waals surface area (Å²) >= 11 is 0. The molecule has 3 nitrogen and oxygen atoms in total. The Morgan fingerprint density at radius 2 is 2.46 bits per heavy atom. The highest BCUT2D eigenvalue weighted by atomic mass is 14.9. The van der Waals surface area contributed by atoms with Gasteiger partial charge in [-0.25, -0.2) is 4.98 Å². The molecule has 1 heterocycles. The zero-order chi connectivity index (χ0) is 8.93. The molecular weight excluding hydrogens is 162 g/mol. The summed E-state index contributed by atoms with van der Waals surface area (Å²) in [7, 11) is 0. The minimum absolute atomic E-state index is 0.960. The molecule has 1 aliphatic rings. The molecule has 2 rings (SSSR count). The maximum Gasteiger partial charge on any atom is 0.0921 e. The number of rotatable bonds is 5. The smallest absolute Gasteiger partial charge is 0.0921 e. The minimum Gasteiger partial charge on any atom is -0.348 e. The molecule has 0 aliphatic heterocycles. The van der Waals surface area contributed by atoms with E-state index in [0.29, 0.717) is 0 Å². The Kier molecular flexibility index (Phi) is 2.98. The molecule has 0 amide bonds. The number of H-pyrrole nitrogens is 1. The topological polar surface area (TPSA) is 40.7 Å². The van der Waals surface area contributed by atoms with Gasteiger partial charge in [0.25, 0.3) is 0 Å². The lowest BCUT2D eigenvalue weighted by Gasteiger charge is -2.25. The third-order valence-electron chi connectivity index (χ3n) is 2.78. The van der Waals surface area contributed by atoms with Crippen molar-refractivity contribution in [2.24, 2.45) is 5.92 Å². The van der Waals surface area contributed by atoms with E-state index >= 15 is 0 Å². The fourth-order valence-corrected chi connectivity index (χ4v) is 1.65. The summed E-state index contributed by atoms with van der Waals surface area (Å²) < 4.78 is 0. The first-order chi connectivity index (χ1) is 6.45. The highest BCUT2D eigenvalue weighted by Gasteiger charge is 2.15. The van der Waals surface area contributed by atoms with Crippen LogP contribution in [-0.4, -0.2) is 23.1 Å². The number of aromatic nitrogens is 2. The van der Waals surface area contributed by atoms with E-state index in [1.165, 1.54) is 31.5 Å². The van der Waals surface area contributed by atoms with Gasteiger partial charge < -0.3 is 10.3 Å². The summed E-state index contributed by atoms with van der Waals surface area (Å²) in [6, 6.07) is 0. The molecule has 0 spiro atoms. The van der Waals surface area contributed by atoms with Gasteiger partial charge in [0.1, 0.15) is 0 Å². The van der Waals surface area contributed by atoms with Gasteiger partial charge in [0.2, 0.25) is 0 Å². The van der Waals surface area contributed by atoms with E-state index in [-0.39, 0.29) is 0 Å². The summed E-state index contributed by atoms with van der Waals surface area (Å²) in [5, 5.41) is 3.48. The molecule has 13 heavy (non-hydrogen) atoms. The van der Waals surface area contributed by atoms with Crippen LogP contribution >= 0.6 is 0 Å². The molecule has 1 aromatic heterocycles. The van der Waals surface area contributed by atoms with Crippen molar-refractivity contribution in [3.05, 3.63) is 18.2 Å². The Labute approximate surface area is 79.0 Å². The van der Waals surface area contributed by atoms with Crippen LogP contribution in [0.1, 0.15) is 25.0 Å². The standard InChI is InChI=1S/C10H17N3/c1-2-9(3-1)6-11-5-4-10-7-12-8-13-10/h7-9,11H,1-6H2,(H,12,13). The molecule has 0 saturated heterocycles. The van der Waals surface area contributed by atoms with E-state index in [9.17, 15) is 0 Å². The van der Waals surface area contributed by atoms with Gasteiger partial charge in [-0.15, -0.1) is 0 Å². The number of aromatic amines is 1. The van der Waals surface area contributed by atoms with Gasteiger partial charge >= 0.3 is 0 Å². The number of imidazole rings is 1.